The fourth-order valence-corrected chi connectivity index (χ4v) is 1.62. The first-order valence-corrected chi connectivity index (χ1v) is 5.55. The van der Waals surface area contributed by atoms with E-state index in [1.165, 1.54) is 0 Å². The summed E-state index contributed by atoms with van der Waals surface area (Å²) in [5, 5.41) is 10.6. The zero-order chi connectivity index (χ0) is 14.7. The Morgan fingerprint density at radius 1 is 1.25 bits per heavy atom. The fourth-order valence-electron chi connectivity index (χ4n) is 1.62. The third-order valence-electron chi connectivity index (χ3n) is 2.60. The van der Waals surface area contributed by atoms with Crippen molar-refractivity contribution < 1.29 is 9.72 Å². The largest absolute Gasteiger partial charge is 0.350 e. The van der Waals surface area contributed by atoms with Gasteiger partial charge in [-0.25, -0.2) is 4.79 Å². The van der Waals surface area contributed by atoms with Crippen LogP contribution in [-0.2, 0) is 6.54 Å². The smallest absolute Gasteiger partial charge is 0.292 e. The van der Waals surface area contributed by atoms with Crippen molar-refractivity contribution in [1.82, 2.24) is 9.55 Å². The molecule has 0 saturated heterocycles. The summed E-state index contributed by atoms with van der Waals surface area (Å²) in [7, 11) is 0. The predicted molar refractivity (Wildman–Crippen MR) is 68.7 cm³/mol. The fraction of sp³-hybridized carbons (Fsp3) is 0.0833. The minimum Gasteiger partial charge on any atom is -0.292 e. The lowest BCUT2D eigenvalue weighted by Crippen LogP contribution is -2.32. The first-order valence-electron chi connectivity index (χ1n) is 5.55. The lowest BCUT2D eigenvalue weighted by molar-refractivity contribution is -0.386. The normalized spacial score (nSPS) is 10.2. The van der Waals surface area contributed by atoms with Crippen LogP contribution in [0.2, 0.25) is 0 Å². The summed E-state index contributed by atoms with van der Waals surface area (Å²) in [6.45, 7) is -0.388. The van der Waals surface area contributed by atoms with Crippen molar-refractivity contribution in [3.05, 3.63) is 73.0 Å². The molecule has 0 amide bonds. The van der Waals surface area contributed by atoms with Crippen molar-refractivity contribution in [2.45, 2.75) is 6.54 Å². The molecule has 2 aromatic rings. The lowest BCUT2D eigenvalue weighted by Gasteiger charge is -2.04. The molecular weight excluding hydrogens is 266 g/mol. The van der Waals surface area contributed by atoms with Crippen molar-refractivity contribution in [1.29, 1.82) is 0 Å². The number of aromatic amines is 1. The second kappa shape index (κ2) is 5.31. The standard InChI is InChI=1S/C12H9N3O5/c16-10(8-4-2-1-3-5-8)7-14-6-9(15(19)20)11(17)13-12(14)18/h1-6H,7H2,(H,13,17,18). The molecule has 20 heavy (non-hydrogen) atoms. The van der Waals surface area contributed by atoms with Crippen molar-refractivity contribution in [3.8, 4) is 0 Å². The van der Waals surface area contributed by atoms with Crippen LogP contribution in [0.1, 0.15) is 10.4 Å². The highest BCUT2D eigenvalue weighted by Crippen LogP contribution is 2.03. The van der Waals surface area contributed by atoms with E-state index >= 15 is 0 Å². The summed E-state index contributed by atoms with van der Waals surface area (Å²) in [5.74, 6) is -0.394. The van der Waals surface area contributed by atoms with E-state index in [9.17, 15) is 24.5 Å². The van der Waals surface area contributed by atoms with Crippen molar-refractivity contribution in [2.24, 2.45) is 0 Å². The molecule has 2 rings (SSSR count). The summed E-state index contributed by atoms with van der Waals surface area (Å²) in [5.41, 5.74) is -2.38. The molecule has 0 unspecified atom stereocenters. The van der Waals surface area contributed by atoms with E-state index in [1.54, 1.807) is 35.3 Å². The molecule has 0 bridgehead atoms. The van der Waals surface area contributed by atoms with Crippen molar-refractivity contribution in [3.63, 3.8) is 0 Å². The molecule has 1 heterocycles. The molecule has 102 valence electrons. The van der Waals surface area contributed by atoms with Gasteiger partial charge in [0.15, 0.2) is 5.78 Å². The number of nitro groups is 1. The predicted octanol–water partition coefficient (Wildman–Crippen LogP) is 0.328. The number of H-pyrrole nitrogens is 1. The Hall–Kier alpha value is -3.03. The molecule has 0 aliphatic heterocycles. The molecule has 8 heteroatoms. The van der Waals surface area contributed by atoms with Gasteiger partial charge >= 0.3 is 16.9 Å². The molecule has 0 aliphatic rings. The van der Waals surface area contributed by atoms with E-state index in [2.05, 4.69) is 0 Å². The minimum absolute atomic E-state index is 0.369. The van der Waals surface area contributed by atoms with E-state index in [1.807, 2.05) is 0 Å². The molecule has 8 nitrogen and oxygen atoms in total. The first kappa shape index (κ1) is 13.4. The lowest BCUT2D eigenvalue weighted by atomic mass is 10.1. The molecular formula is C12H9N3O5. The number of benzene rings is 1. The van der Waals surface area contributed by atoms with Gasteiger partial charge < -0.3 is 0 Å². The number of nitrogens with one attached hydrogen (secondary N) is 1. The van der Waals surface area contributed by atoms with E-state index < -0.39 is 27.6 Å². The Labute approximate surface area is 111 Å². The van der Waals surface area contributed by atoms with Crippen LogP contribution in [0.4, 0.5) is 5.69 Å². The number of hydrogen-bond donors (Lipinski definition) is 1. The summed E-state index contributed by atoms with van der Waals surface area (Å²) < 4.78 is 0.800. The summed E-state index contributed by atoms with van der Waals surface area (Å²) in [6, 6.07) is 8.17. The Bertz CT molecular complexity index is 776. The van der Waals surface area contributed by atoms with Gasteiger partial charge in [0, 0.05) is 5.56 Å². The quantitative estimate of drug-likeness (QED) is 0.490. The van der Waals surface area contributed by atoms with Crippen LogP contribution in [0.15, 0.2) is 46.1 Å². The van der Waals surface area contributed by atoms with Gasteiger partial charge in [0.05, 0.1) is 17.7 Å². The number of rotatable bonds is 4. The molecule has 1 aromatic carbocycles. The second-order valence-electron chi connectivity index (χ2n) is 3.95. The Morgan fingerprint density at radius 3 is 2.50 bits per heavy atom. The number of Topliss-reactive ketones (excluding diaryl/α,β-unsaturated/α-hetero) is 1. The van der Waals surface area contributed by atoms with Crippen LogP contribution in [0, 0.1) is 10.1 Å². The average molecular weight is 275 g/mol. The molecule has 0 saturated carbocycles. The maximum atomic E-state index is 11.9. The summed E-state index contributed by atoms with van der Waals surface area (Å²) in [4.78, 5) is 46.1. The number of hydrogen-bond acceptors (Lipinski definition) is 5. The van der Waals surface area contributed by atoms with Gasteiger partial charge in [0.25, 0.3) is 0 Å². The number of carbonyl (C=O) groups excluding carboxylic acids is 1. The molecule has 0 radical (unpaired) electrons. The first-order chi connectivity index (χ1) is 9.49. The zero-order valence-corrected chi connectivity index (χ0v) is 10.1. The van der Waals surface area contributed by atoms with Crippen LogP contribution in [0.25, 0.3) is 0 Å². The Kier molecular flexibility index (Phi) is 3.56. The topological polar surface area (TPSA) is 115 Å². The number of carbonyl (C=O) groups is 1. The van der Waals surface area contributed by atoms with Crippen LogP contribution in [-0.4, -0.2) is 20.3 Å². The van der Waals surface area contributed by atoms with Gasteiger partial charge in [-0.15, -0.1) is 0 Å². The zero-order valence-electron chi connectivity index (χ0n) is 10.1. The molecule has 1 N–H and O–H groups in total. The molecule has 0 atom stereocenters. The monoisotopic (exact) mass is 275 g/mol. The van der Waals surface area contributed by atoms with E-state index in [-0.39, 0.29) is 6.54 Å². The second-order valence-corrected chi connectivity index (χ2v) is 3.95. The number of ketones is 1. The van der Waals surface area contributed by atoms with E-state index in [0.717, 1.165) is 10.8 Å². The summed E-state index contributed by atoms with van der Waals surface area (Å²) >= 11 is 0. The third-order valence-corrected chi connectivity index (χ3v) is 2.60. The number of aromatic nitrogens is 2. The van der Waals surface area contributed by atoms with Crippen LogP contribution >= 0.6 is 0 Å². The summed E-state index contributed by atoms with van der Waals surface area (Å²) in [6.07, 6.45) is 0.766. The number of nitrogens with zero attached hydrogens (tertiary/aromatic N) is 2. The highest BCUT2D eigenvalue weighted by Gasteiger charge is 2.16. The molecule has 0 aliphatic carbocycles. The van der Waals surface area contributed by atoms with Gasteiger partial charge in [0.2, 0.25) is 0 Å². The molecule has 0 fully saturated rings. The average Bonchev–Trinajstić information content (AvgIpc) is 2.42. The minimum atomic E-state index is -1.09. The highest BCUT2D eigenvalue weighted by atomic mass is 16.6. The highest BCUT2D eigenvalue weighted by molar-refractivity contribution is 5.95. The van der Waals surface area contributed by atoms with Crippen LogP contribution in [0.5, 0.6) is 0 Å². The maximum absolute atomic E-state index is 11.9. The van der Waals surface area contributed by atoms with Crippen LogP contribution < -0.4 is 11.2 Å². The Balaban J connectivity index is 2.37. The van der Waals surface area contributed by atoms with Gasteiger partial charge in [-0.2, -0.15) is 0 Å². The van der Waals surface area contributed by atoms with Gasteiger partial charge in [0.1, 0.15) is 0 Å². The van der Waals surface area contributed by atoms with Gasteiger partial charge in [-0.05, 0) is 0 Å². The van der Waals surface area contributed by atoms with E-state index in [4.69, 9.17) is 0 Å². The molecule has 1 aromatic heterocycles. The van der Waals surface area contributed by atoms with E-state index in [0.29, 0.717) is 5.56 Å². The Morgan fingerprint density at radius 2 is 1.90 bits per heavy atom. The van der Waals surface area contributed by atoms with Crippen molar-refractivity contribution in [2.75, 3.05) is 0 Å². The molecule has 0 spiro atoms. The SMILES string of the molecule is O=C(Cn1cc([N+](=O)[O-])c(=O)[nH]c1=O)c1ccccc1. The van der Waals surface area contributed by atoms with Gasteiger partial charge in [-0.3, -0.25) is 29.3 Å². The third kappa shape index (κ3) is 2.69. The van der Waals surface area contributed by atoms with Gasteiger partial charge in [-0.1, -0.05) is 30.3 Å². The van der Waals surface area contributed by atoms with Crippen molar-refractivity contribution >= 4 is 11.5 Å². The maximum Gasteiger partial charge on any atom is 0.350 e. The van der Waals surface area contributed by atoms with Crippen LogP contribution in [0.3, 0.4) is 0 Å².